The van der Waals surface area contributed by atoms with E-state index >= 15 is 0 Å². The fraction of sp³-hybridized carbons (Fsp3) is 0.804. The molecule has 54 heavy (non-hydrogen) atoms. The molecule has 0 aromatic rings. The number of allylic oxidation sites excluding steroid dienone is 6. The van der Waals surface area contributed by atoms with Gasteiger partial charge in [-0.2, -0.15) is 0 Å². The zero-order chi connectivity index (χ0) is 40.0. The molecule has 2 atom stereocenters. The minimum absolute atomic E-state index is 0.0339. The summed E-state index contributed by atoms with van der Waals surface area (Å²) in [4.78, 5) is 36.7. The van der Waals surface area contributed by atoms with Crippen molar-refractivity contribution in [1.82, 2.24) is 0 Å². The van der Waals surface area contributed by atoms with Crippen LogP contribution in [0.15, 0.2) is 36.5 Å². The Balaban J connectivity index is 4.23. The van der Waals surface area contributed by atoms with Crippen LogP contribution in [0.25, 0.3) is 0 Å². The molecule has 0 saturated heterocycles. The van der Waals surface area contributed by atoms with Gasteiger partial charge >= 0.3 is 11.9 Å². The van der Waals surface area contributed by atoms with Crippen molar-refractivity contribution in [3.63, 3.8) is 0 Å². The summed E-state index contributed by atoms with van der Waals surface area (Å²) in [6, 6.07) is -0.727. The van der Waals surface area contributed by atoms with Gasteiger partial charge in [0, 0.05) is 19.3 Å². The molecule has 8 nitrogen and oxygen atoms in total. The van der Waals surface area contributed by atoms with Crippen molar-refractivity contribution < 1.29 is 38.2 Å². The van der Waals surface area contributed by atoms with E-state index in [1.54, 1.807) is 21.1 Å². The highest BCUT2D eigenvalue weighted by molar-refractivity contribution is 5.70. The summed E-state index contributed by atoms with van der Waals surface area (Å²) < 4.78 is 17.1. The van der Waals surface area contributed by atoms with Crippen molar-refractivity contribution in [2.75, 3.05) is 41.0 Å². The van der Waals surface area contributed by atoms with Crippen LogP contribution in [-0.4, -0.2) is 75.5 Å². The summed E-state index contributed by atoms with van der Waals surface area (Å²) in [6.45, 7) is 4.50. The lowest BCUT2D eigenvalue weighted by molar-refractivity contribution is -0.889. The molecule has 0 radical (unpaired) electrons. The maximum atomic E-state index is 12.7. The number of carboxylic acids is 1. The van der Waals surface area contributed by atoms with Gasteiger partial charge in [-0.15, -0.1) is 0 Å². The van der Waals surface area contributed by atoms with Crippen molar-refractivity contribution >= 4 is 17.9 Å². The molecular weight excluding hydrogens is 679 g/mol. The molecule has 0 aliphatic rings. The van der Waals surface area contributed by atoms with Gasteiger partial charge in [-0.3, -0.25) is 9.59 Å². The lowest BCUT2D eigenvalue weighted by Gasteiger charge is -2.34. The summed E-state index contributed by atoms with van der Waals surface area (Å²) in [7, 11) is 5.40. The van der Waals surface area contributed by atoms with Gasteiger partial charge in [0.25, 0.3) is 0 Å². The number of carboxylic acid groups (broad SMARTS) is 1. The van der Waals surface area contributed by atoms with E-state index in [-0.39, 0.29) is 42.7 Å². The molecule has 8 heteroatoms. The molecule has 0 aromatic heterocycles. The Bertz CT molecular complexity index is 984. The number of esters is 2. The second-order valence-corrected chi connectivity index (χ2v) is 15.9. The van der Waals surface area contributed by atoms with E-state index in [1.165, 1.54) is 103 Å². The van der Waals surface area contributed by atoms with Crippen LogP contribution in [0.3, 0.4) is 0 Å². The zero-order valence-corrected chi connectivity index (χ0v) is 35.6. The molecule has 2 unspecified atom stereocenters. The fourth-order valence-electron chi connectivity index (χ4n) is 6.35. The van der Waals surface area contributed by atoms with Crippen LogP contribution in [0.4, 0.5) is 0 Å². The van der Waals surface area contributed by atoms with Crippen LogP contribution in [0.5, 0.6) is 0 Å². The van der Waals surface area contributed by atoms with Gasteiger partial charge in [0.05, 0.1) is 40.3 Å². The molecule has 0 aromatic carbocycles. The summed E-state index contributed by atoms with van der Waals surface area (Å²) in [5.74, 6) is -1.78. The number of unbranched alkanes of at least 4 members (excludes halogenated alkanes) is 19. The number of likely N-dealkylation sites (N-methyl/N-ethyl adjacent to an activating group) is 1. The van der Waals surface area contributed by atoms with Crippen LogP contribution in [0.1, 0.15) is 187 Å². The van der Waals surface area contributed by atoms with Gasteiger partial charge < -0.3 is 28.6 Å². The first-order chi connectivity index (χ1) is 26.1. The molecule has 0 amide bonds. The minimum Gasteiger partial charge on any atom is -0.544 e. The van der Waals surface area contributed by atoms with Crippen LogP contribution < -0.4 is 5.11 Å². The maximum Gasteiger partial charge on any atom is 0.306 e. The van der Waals surface area contributed by atoms with E-state index in [0.29, 0.717) is 19.3 Å². The lowest BCUT2D eigenvalue weighted by atomic mass is 10.0. The molecule has 0 aliphatic carbocycles. The molecular formula is C46H83NO7. The number of rotatable bonds is 39. The number of carbonyl (C=O) groups excluding carboxylic acids is 3. The second-order valence-electron chi connectivity index (χ2n) is 15.9. The van der Waals surface area contributed by atoms with Crippen LogP contribution in [0.2, 0.25) is 0 Å². The Morgan fingerprint density at radius 2 is 1.06 bits per heavy atom. The van der Waals surface area contributed by atoms with E-state index in [1.807, 2.05) is 0 Å². The monoisotopic (exact) mass is 762 g/mol. The first kappa shape index (κ1) is 51.5. The standard InChI is InChI=1S/C46H83NO7/c1-6-8-10-12-14-16-17-18-19-20-21-22-23-24-25-26-27-29-31-33-35-37-45(49)54-42(40-52-39-38-43(46(50)51)47(3,4)5)41-53-44(48)36-34-32-30-28-15-13-11-9-7-2/h8,10,14,16,28,30,42-43H,6-7,9,11-13,15,17-27,29,31-41H2,1-5H3/b10-8+,16-14+,30-28+. The number of aliphatic carboxylic acids is 1. The molecule has 0 bridgehead atoms. The van der Waals surface area contributed by atoms with Crippen LogP contribution in [0, 0.1) is 0 Å². The molecule has 0 saturated carbocycles. The highest BCUT2D eigenvalue weighted by atomic mass is 16.6. The Hall–Kier alpha value is -2.45. The number of carbonyl (C=O) groups is 3. The predicted octanol–water partition coefficient (Wildman–Crippen LogP) is 10.5. The summed E-state index contributed by atoms with van der Waals surface area (Å²) in [5.41, 5.74) is 0. The fourth-order valence-corrected chi connectivity index (χ4v) is 6.35. The molecule has 0 aliphatic heterocycles. The maximum absolute atomic E-state index is 12.7. The topological polar surface area (TPSA) is 102 Å². The highest BCUT2D eigenvalue weighted by Crippen LogP contribution is 2.15. The van der Waals surface area contributed by atoms with Crippen molar-refractivity contribution in [3.8, 4) is 0 Å². The SMILES string of the molecule is CC/C=C/C/C=C/CCCCCCCCCCCCCCCCC(=O)OC(COCCC(C(=O)[O-])[N+](C)(C)C)COC(=O)CCC/C=C/CCCCCC. The van der Waals surface area contributed by atoms with Gasteiger partial charge in [0.1, 0.15) is 12.6 Å². The third-order valence-electron chi connectivity index (χ3n) is 9.76. The number of hydrogen-bond acceptors (Lipinski definition) is 7. The van der Waals surface area contributed by atoms with E-state index in [0.717, 1.165) is 44.9 Å². The Kier molecular flexibility index (Phi) is 35.8. The van der Waals surface area contributed by atoms with E-state index in [4.69, 9.17) is 14.2 Å². The second kappa shape index (κ2) is 37.5. The van der Waals surface area contributed by atoms with Crippen molar-refractivity contribution in [2.45, 2.75) is 199 Å². The minimum atomic E-state index is -1.13. The molecule has 0 spiro atoms. The first-order valence-corrected chi connectivity index (χ1v) is 22.0. The highest BCUT2D eigenvalue weighted by Gasteiger charge is 2.25. The Labute approximate surface area is 332 Å². The summed E-state index contributed by atoms with van der Waals surface area (Å²) in [5, 5.41) is 11.6. The van der Waals surface area contributed by atoms with Crippen molar-refractivity contribution in [1.29, 1.82) is 0 Å². The Morgan fingerprint density at radius 1 is 0.574 bits per heavy atom. The quantitative estimate of drug-likeness (QED) is 0.0266. The van der Waals surface area contributed by atoms with Gasteiger partial charge in [-0.1, -0.05) is 147 Å². The third-order valence-corrected chi connectivity index (χ3v) is 9.76. The molecule has 0 heterocycles. The van der Waals surface area contributed by atoms with E-state index in [9.17, 15) is 19.5 Å². The van der Waals surface area contributed by atoms with E-state index in [2.05, 4.69) is 50.3 Å². The summed E-state index contributed by atoms with van der Waals surface area (Å²) >= 11 is 0. The van der Waals surface area contributed by atoms with Gasteiger partial charge in [-0.25, -0.2) is 0 Å². The summed E-state index contributed by atoms with van der Waals surface area (Å²) in [6.07, 6.45) is 41.9. The zero-order valence-electron chi connectivity index (χ0n) is 35.6. The smallest absolute Gasteiger partial charge is 0.306 e. The van der Waals surface area contributed by atoms with Gasteiger partial charge in [-0.05, 0) is 57.8 Å². The van der Waals surface area contributed by atoms with Crippen LogP contribution in [-0.2, 0) is 28.6 Å². The molecule has 0 N–H and O–H groups in total. The molecule has 0 rings (SSSR count). The van der Waals surface area contributed by atoms with Crippen molar-refractivity contribution in [3.05, 3.63) is 36.5 Å². The largest absolute Gasteiger partial charge is 0.544 e. The average molecular weight is 762 g/mol. The first-order valence-electron chi connectivity index (χ1n) is 22.0. The number of quaternary nitrogens is 1. The molecule has 0 fully saturated rings. The lowest BCUT2D eigenvalue weighted by Crippen LogP contribution is -2.55. The van der Waals surface area contributed by atoms with Gasteiger partial charge in [0.2, 0.25) is 0 Å². The van der Waals surface area contributed by atoms with Crippen molar-refractivity contribution in [2.24, 2.45) is 0 Å². The van der Waals surface area contributed by atoms with Gasteiger partial charge in [0.15, 0.2) is 6.10 Å². The molecule has 314 valence electrons. The Morgan fingerprint density at radius 3 is 1.59 bits per heavy atom. The van der Waals surface area contributed by atoms with E-state index < -0.39 is 18.1 Å². The normalized spacial score (nSPS) is 13.3. The average Bonchev–Trinajstić information content (AvgIpc) is 3.12. The third kappa shape index (κ3) is 35.3. The number of nitrogens with zero attached hydrogens (tertiary/aromatic N) is 1. The number of ether oxygens (including phenoxy) is 3. The predicted molar refractivity (Wildman–Crippen MR) is 222 cm³/mol. The van der Waals surface area contributed by atoms with Crippen LogP contribution >= 0.6 is 0 Å². The number of hydrogen-bond donors (Lipinski definition) is 0.